The minimum Gasteiger partial charge on any atom is -0.464 e. The van der Waals surface area contributed by atoms with Crippen LogP contribution in [0.1, 0.15) is 37.2 Å². The molecular weight excluding hydrogens is 272 g/mol. The molecule has 108 valence electrons. The van der Waals surface area contributed by atoms with Crippen LogP contribution in [0, 0.1) is 0 Å². The number of nitrogens with one attached hydrogen (secondary N) is 1. The predicted octanol–water partition coefficient (Wildman–Crippen LogP) is 3.13. The zero-order valence-electron chi connectivity index (χ0n) is 10.7. The SMILES string of the molecule is OC1(CNCc2ccc(CSC(F)F)o2)CCCC1. The molecule has 2 rings (SSSR count). The minimum absolute atomic E-state index is 0.182. The molecule has 1 aromatic heterocycles. The van der Waals surface area contributed by atoms with Crippen LogP contribution in [0.15, 0.2) is 16.5 Å². The molecule has 1 heterocycles. The molecule has 0 amide bonds. The Kier molecular flexibility index (Phi) is 5.24. The Morgan fingerprint density at radius 3 is 2.68 bits per heavy atom. The van der Waals surface area contributed by atoms with Gasteiger partial charge >= 0.3 is 0 Å². The van der Waals surface area contributed by atoms with Crippen molar-refractivity contribution in [2.45, 2.75) is 49.3 Å². The van der Waals surface area contributed by atoms with Crippen molar-refractivity contribution in [2.75, 3.05) is 6.54 Å². The van der Waals surface area contributed by atoms with Gasteiger partial charge in [0.1, 0.15) is 11.5 Å². The molecule has 0 bridgehead atoms. The lowest BCUT2D eigenvalue weighted by Gasteiger charge is -2.22. The highest BCUT2D eigenvalue weighted by Crippen LogP contribution is 2.28. The monoisotopic (exact) mass is 291 g/mol. The fourth-order valence-electron chi connectivity index (χ4n) is 2.37. The molecule has 0 aromatic carbocycles. The van der Waals surface area contributed by atoms with Crippen LogP contribution in [-0.2, 0) is 12.3 Å². The number of halogens is 2. The zero-order chi connectivity index (χ0) is 13.7. The minimum atomic E-state index is -2.37. The van der Waals surface area contributed by atoms with E-state index in [1.54, 1.807) is 12.1 Å². The van der Waals surface area contributed by atoms with Crippen molar-refractivity contribution in [1.29, 1.82) is 0 Å². The molecule has 1 saturated carbocycles. The first-order valence-electron chi connectivity index (χ1n) is 6.48. The third kappa shape index (κ3) is 4.78. The van der Waals surface area contributed by atoms with E-state index in [2.05, 4.69) is 5.32 Å². The van der Waals surface area contributed by atoms with Gasteiger partial charge in [-0.1, -0.05) is 24.6 Å². The summed E-state index contributed by atoms with van der Waals surface area (Å²) in [5, 5.41) is 13.3. The molecule has 0 unspecified atom stereocenters. The van der Waals surface area contributed by atoms with Gasteiger partial charge in [-0.05, 0) is 25.0 Å². The first kappa shape index (κ1) is 14.8. The van der Waals surface area contributed by atoms with Crippen molar-refractivity contribution < 1.29 is 18.3 Å². The van der Waals surface area contributed by atoms with Crippen molar-refractivity contribution in [3.05, 3.63) is 23.7 Å². The maximum atomic E-state index is 12.0. The molecule has 1 aromatic rings. The second-order valence-corrected chi connectivity index (χ2v) is 5.95. The third-order valence-electron chi connectivity index (χ3n) is 3.36. The smallest absolute Gasteiger partial charge is 0.284 e. The van der Waals surface area contributed by atoms with Crippen molar-refractivity contribution >= 4 is 11.8 Å². The lowest BCUT2D eigenvalue weighted by Crippen LogP contribution is -2.37. The maximum Gasteiger partial charge on any atom is 0.284 e. The molecule has 6 heteroatoms. The van der Waals surface area contributed by atoms with Crippen molar-refractivity contribution in [2.24, 2.45) is 0 Å². The van der Waals surface area contributed by atoms with Crippen LogP contribution in [0.4, 0.5) is 8.78 Å². The molecule has 3 nitrogen and oxygen atoms in total. The quantitative estimate of drug-likeness (QED) is 0.810. The summed E-state index contributed by atoms with van der Waals surface area (Å²) in [6.07, 6.45) is 3.84. The maximum absolute atomic E-state index is 12.0. The molecule has 0 aliphatic heterocycles. The summed E-state index contributed by atoms with van der Waals surface area (Å²) in [4.78, 5) is 0. The van der Waals surface area contributed by atoms with Gasteiger partial charge < -0.3 is 14.8 Å². The van der Waals surface area contributed by atoms with E-state index in [0.717, 1.165) is 25.7 Å². The van der Waals surface area contributed by atoms with Gasteiger partial charge in [-0.3, -0.25) is 0 Å². The van der Waals surface area contributed by atoms with Gasteiger partial charge in [0.15, 0.2) is 0 Å². The molecule has 1 aliphatic rings. The average molecular weight is 291 g/mol. The second-order valence-electron chi connectivity index (χ2n) is 4.97. The molecule has 19 heavy (non-hydrogen) atoms. The van der Waals surface area contributed by atoms with Crippen molar-refractivity contribution in [1.82, 2.24) is 5.32 Å². The van der Waals surface area contributed by atoms with E-state index in [9.17, 15) is 13.9 Å². The Balaban J connectivity index is 1.71. The molecule has 1 aliphatic carbocycles. The molecule has 0 radical (unpaired) electrons. The molecule has 0 atom stereocenters. The van der Waals surface area contributed by atoms with E-state index in [1.807, 2.05) is 0 Å². The largest absolute Gasteiger partial charge is 0.464 e. The van der Waals surface area contributed by atoms with E-state index >= 15 is 0 Å². The predicted molar refractivity (Wildman–Crippen MR) is 71.1 cm³/mol. The lowest BCUT2D eigenvalue weighted by molar-refractivity contribution is 0.0470. The summed E-state index contributed by atoms with van der Waals surface area (Å²) < 4.78 is 29.5. The second kappa shape index (κ2) is 6.72. The standard InChI is InChI=1S/C13H19F2NO2S/c14-12(15)19-8-11-4-3-10(18-11)7-16-9-13(17)5-1-2-6-13/h3-4,12,16-17H,1-2,5-9H2. The Morgan fingerprint density at radius 2 is 2.00 bits per heavy atom. The molecule has 2 N–H and O–H groups in total. The lowest BCUT2D eigenvalue weighted by atomic mass is 10.0. The molecule has 0 saturated heterocycles. The summed E-state index contributed by atoms with van der Waals surface area (Å²) in [7, 11) is 0. The Labute approximate surface area is 115 Å². The fraction of sp³-hybridized carbons (Fsp3) is 0.692. The highest BCUT2D eigenvalue weighted by atomic mass is 32.2. The van der Waals surface area contributed by atoms with Crippen molar-refractivity contribution in [3.8, 4) is 0 Å². The first-order valence-corrected chi connectivity index (χ1v) is 7.53. The fourth-order valence-corrected chi connectivity index (χ4v) is 2.81. The average Bonchev–Trinajstić information content (AvgIpc) is 2.97. The number of thioether (sulfide) groups is 1. The van der Waals surface area contributed by atoms with Gasteiger partial charge in [0.05, 0.1) is 17.9 Å². The van der Waals surface area contributed by atoms with Crippen LogP contribution < -0.4 is 5.32 Å². The number of hydrogen-bond acceptors (Lipinski definition) is 4. The van der Waals surface area contributed by atoms with Gasteiger partial charge in [0, 0.05) is 6.54 Å². The zero-order valence-corrected chi connectivity index (χ0v) is 11.5. The van der Waals surface area contributed by atoms with Gasteiger partial charge in [-0.15, -0.1) is 0 Å². The van der Waals surface area contributed by atoms with Crippen LogP contribution in [0.3, 0.4) is 0 Å². The molecular formula is C13H19F2NO2S. The summed E-state index contributed by atoms with van der Waals surface area (Å²) in [5.74, 6) is -0.918. The Bertz CT molecular complexity index is 392. The van der Waals surface area contributed by atoms with Crippen LogP contribution >= 0.6 is 11.8 Å². The first-order chi connectivity index (χ1) is 9.07. The van der Waals surface area contributed by atoms with Crippen LogP contribution in [0.5, 0.6) is 0 Å². The van der Waals surface area contributed by atoms with Gasteiger partial charge in [0.25, 0.3) is 5.76 Å². The molecule has 1 fully saturated rings. The van der Waals surface area contributed by atoms with Crippen LogP contribution in [0.2, 0.25) is 0 Å². The van der Waals surface area contributed by atoms with Crippen LogP contribution in [-0.4, -0.2) is 23.0 Å². The van der Waals surface area contributed by atoms with E-state index in [1.165, 1.54) is 0 Å². The van der Waals surface area contributed by atoms with Gasteiger partial charge in [-0.25, -0.2) is 0 Å². The van der Waals surface area contributed by atoms with E-state index in [4.69, 9.17) is 4.42 Å². The summed E-state index contributed by atoms with van der Waals surface area (Å²) >= 11 is 0.554. The van der Waals surface area contributed by atoms with E-state index in [-0.39, 0.29) is 5.75 Å². The van der Waals surface area contributed by atoms with E-state index < -0.39 is 11.4 Å². The highest BCUT2D eigenvalue weighted by Gasteiger charge is 2.30. The van der Waals surface area contributed by atoms with Crippen LogP contribution in [0.25, 0.3) is 0 Å². The summed E-state index contributed by atoms with van der Waals surface area (Å²) in [6.45, 7) is 1.07. The highest BCUT2D eigenvalue weighted by molar-refractivity contribution is 7.98. The Hall–Kier alpha value is -0.590. The number of alkyl halides is 2. The van der Waals surface area contributed by atoms with E-state index in [0.29, 0.717) is 36.4 Å². The van der Waals surface area contributed by atoms with Gasteiger partial charge in [0.2, 0.25) is 0 Å². The third-order valence-corrected chi connectivity index (χ3v) is 4.06. The van der Waals surface area contributed by atoms with Crippen molar-refractivity contribution in [3.63, 3.8) is 0 Å². The van der Waals surface area contributed by atoms with Gasteiger partial charge in [-0.2, -0.15) is 8.78 Å². The number of furan rings is 1. The number of aliphatic hydroxyl groups is 1. The number of hydrogen-bond donors (Lipinski definition) is 2. The summed E-state index contributed by atoms with van der Waals surface area (Å²) in [6, 6.07) is 3.50. The topological polar surface area (TPSA) is 45.4 Å². The summed E-state index contributed by atoms with van der Waals surface area (Å²) in [5.41, 5.74) is -0.582. The normalized spacial score (nSPS) is 18.3. The molecule has 0 spiro atoms. The Morgan fingerprint density at radius 1 is 1.32 bits per heavy atom. The number of rotatable bonds is 7.